The van der Waals surface area contributed by atoms with Gasteiger partial charge in [-0.1, -0.05) is 49.4 Å². The molecule has 4 aromatic rings. The summed E-state index contributed by atoms with van der Waals surface area (Å²) >= 11 is 0. The molecule has 1 saturated heterocycles. The highest BCUT2D eigenvalue weighted by molar-refractivity contribution is 6.05. The predicted octanol–water partition coefficient (Wildman–Crippen LogP) is 4.78. The molecule has 1 unspecified atom stereocenters. The number of nitrogens with one attached hydrogen (secondary N) is 2. The van der Waals surface area contributed by atoms with Crippen LogP contribution in [0.25, 0.3) is 22.4 Å². The van der Waals surface area contributed by atoms with Gasteiger partial charge in [0.05, 0.1) is 22.6 Å². The summed E-state index contributed by atoms with van der Waals surface area (Å²) in [7, 11) is 0. The molecule has 2 N–H and O–H groups in total. The second kappa shape index (κ2) is 8.30. The van der Waals surface area contributed by atoms with Crippen molar-refractivity contribution in [3.8, 4) is 11.4 Å². The number of H-pyrrole nitrogens is 1. The smallest absolute Gasteiger partial charge is 0.229 e. The number of amides is 2. The molecule has 0 saturated carbocycles. The molecule has 1 aromatic heterocycles. The Hall–Kier alpha value is -3.93. The minimum absolute atomic E-state index is 0.0170. The van der Waals surface area contributed by atoms with E-state index in [0.717, 1.165) is 34.3 Å². The van der Waals surface area contributed by atoms with Gasteiger partial charge in [-0.15, -0.1) is 0 Å². The highest BCUT2D eigenvalue weighted by Crippen LogP contribution is 2.31. The lowest BCUT2D eigenvalue weighted by molar-refractivity contribution is -0.122. The van der Waals surface area contributed by atoms with Crippen LogP contribution in [0.1, 0.15) is 18.9 Å². The van der Waals surface area contributed by atoms with Crippen LogP contribution in [0.3, 0.4) is 0 Å². The summed E-state index contributed by atoms with van der Waals surface area (Å²) in [5.41, 5.74) is 5.31. The summed E-state index contributed by atoms with van der Waals surface area (Å²) in [5, 5.41) is 3.04. The quantitative estimate of drug-likeness (QED) is 0.484. The number of aromatic amines is 1. The summed E-state index contributed by atoms with van der Waals surface area (Å²) < 4.78 is 0. The van der Waals surface area contributed by atoms with Crippen molar-refractivity contribution < 1.29 is 9.59 Å². The molecule has 1 aliphatic heterocycles. The van der Waals surface area contributed by atoms with Gasteiger partial charge < -0.3 is 15.2 Å². The fourth-order valence-electron chi connectivity index (χ4n) is 4.30. The van der Waals surface area contributed by atoms with Gasteiger partial charge in [-0.25, -0.2) is 4.98 Å². The fraction of sp³-hybridized carbons (Fsp3) is 0.192. The van der Waals surface area contributed by atoms with Crippen molar-refractivity contribution in [2.75, 3.05) is 16.8 Å². The molecule has 0 spiro atoms. The standard InChI is InChI=1S/C26H24N4O2/c1-2-17-9-3-8-14-23(17)30-16-18(15-24(30)31)26(32)29-20-11-5-4-10-19(20)25-27-21-12-6-7-13-22(21)28-25/h3-14,18H,2,15-16H2,1H3,(H,27,28)(H,29,32). The van der Waals surface area contributed by atoms with Crippen LogP contribution in [-0.4, -0.2) is 28.3 Å². The Morgan fingerprint density at radius 3 is 2.66 bits per heavy atom. The molecule has 6 nitrogen and oxygen atoms in total. The molecule has 5 rings (SSSR count). The van der Waals surface area contributed by atoms with Gasteiger partial charge in [0.2, 0.25) is 11.8 Å². The number of rotatable bonds is 5. The lowest BCUT2D eigenvalue weighted by Gasteiger charge is -2.20. The molecule has 1 aliphatic rings. The van der Waals surface area contributed by atoms with Crippen molar-refractivity contribution in [2.45, 2.75) is 19.8 Å². The molecule has 3 aromatic carbocycles. The van der Waals surface area contributed by atoms with Crippen LogP contribution in [-0.2, 0) is 16.0 Å². The van der Waals surface area contributed by atoms with E-state index >= 15 is 0 Å². The Morgan fingerprint density at radius 1 is 1.06 bits per heavy atom. The Morgan fingerprint density at radius 2 is 1.81 bits per heavy atom. The molecular formula is C26H24N4O2. The summed E-state index contributed by atoms with van der Waals surface area (Å²) in [5.74, 6) is 0.120. The zero-order valence-electron chi connectivity index (χ0n) is 17.8. The highest BCUT2D eigenvalue weighted by Gasteiger charge is 2.36. The van der Waals surface area contributed by atoms with Gasteiger partial charge in [-0.2, -0.15) is 0 Å². The van der Waals surface area contributed by atoms with Crippen molar-refractivity contribution in [2.24, 2.45) is 5.92 Å². The molecule has 2 amide bonds. The van der Waals surface area contributed by atoms with Crippen molar-refractivity contribution in [3.63, 3.8) is 0 Å². The Balaban J connectivity index is 1.38. The number of aryl methyl sites for hydroxylation is 1. The monoisotopic (exact) mass is 424 g/mol. The number of aromatic nitrogens is 2. The van der Waals surface area contributed by atoms with E-state index < -0.39 is 5.92 Å². The van der Waals surface area contributed by atoms with Gasteiger partial charge in [-0.05, 0) is 42.3 Å². The number of para-hydroxylation sites is 4. The van der Waals surface area contributed by atoms with Gasteiger partial charge in [0.15, 0.2) is 0 Å². The minimum atomic E-state index is -0.406. The average Bonchev–Trinajstić information content (AvgIpc) is 3.43. The van der Waals surface area contributed by atoms with E-state index in [9.17, 15) is 9.59 Å². The number of carbonyl (C=O) groups is 2. The van der Waals surface area contributed by atoms with Crippen molar-refractivity contribution in [1.82, 2.24) is 9.97 Å². The van der Waals surface area contributed by atoms with E-state index in [0.29, 0.717) is 18.1 Å². The molecular weight excluding hydrogens is 400 g/mol. The van der Waals surface area contributed by atoms with Crippen LogP contribution in [0.15, 0.2) is 72.8 Å². The molecule has 1 atom stereocenters. The van der Waals surface area contributed by atoms with Crippen LogP contribution in [0.4, 0.5) is 11.4 Å². The van der Waals surface area contributed by atoms with Crippen LogP contribution >= 0.6 is 0 Å². The Labute approximate surface area is 186 Å². The minimum Gasteiger partial charge on any atom is -0.338 e. The number of anilines is 2. The molecule has 32 heavy (non-hydrogen) atoms. The van der Waals surface area contributed by atoms with E-state index in [-0.39, 0.29) is 18.2 Å². The molecule has 0 bridgehead atoms. The number of hydrogen-bond acceptors (Lipinski definition) is 3. The van der Waals surface area contributed by atoms with Crippen LogP contribution in [0.2, 0.25) is 0 Å². The SMILES string of the molecule is CCc1ccccc1N1CC(C(=O)Nc2ccccc2-c2nc3ccccc3[nH]2)CC1=O. The first-order valence-electron chi connectivity index (χ1n) is 10.9. The van der Waals surface area contributed by atoms with Crippen molar-refractivity contribution in [1.29, 1.82) is 0 Å². The van der Waals surface area contributed by atoms with E-state index in [4.69, 9.17) is 0 Å². The van der Waals surface area contributed by atoms with Gasteiger partial charge in [0.25, 0.3) is 0 Å². The third kappa shape index (κ3) is 3.64. The predicted molar refractivity (Wildman–Crippen MR) is 126 cm³/mol. The Kier molecular flexibility index (Phi) is 5.19. The largest absolute Gasteiger partial charge is 0.338 e. The Bertz CT molecular complexity index is 1280. The molecule has 2 heterocycles. The third-order valence-electron chi connectivity index (χ3n) is 5.99. The highest BCUT2D eigenvalue weighted by atomic mass is 16.2. The van der Waals surface area contributed by atoms with E-state index in [1.54, 1.807) is 4.90 Å². The van der Waals surface area contributed by atoms with Gasteiger partial charge in [-0.3, -0.25) is 9.59 Å². The van der Waals surface area contributed by atoms with Crippen LogP contribution < -0.4 is 10.2 Å². The zero-order valence-corrected chi connectivity index (χ0v) is 17.8. The van der Waals surface area contributed by atoms with Gasteiger partial charge >= 0.3 is 0 Å². The summed E-state index contributed by atoms with van der Waals surface area (Å²) in [6.45, 7) is 2.45. The number of nitrogens with zero attached hydrogens (tertiary/aromatic N) is 2. The van der Waals surface area contributed by atoms with Crippen molar-refractivity contribution in [3.05, 3.63) is 78.4 Å². The molecule has 6 heteroatoms. The van der Waals surface area contributed by atoms with E-state index in [2.05, 4.69) is 22.2 Å². The second-order valence-corrected chi connectivity index (χ2v) is 8.03. The first-order valence-corrected chi connectivity index (χ1v) is 10.9. The number of carbonyl (C=O) groups excluding carboxylic acids is 2. The van der Waals surface area contributed by atoms with Crippen LogP contribution in [0.5, 0.6) is 0 Å². The van der Waals surface area contributed by atoms with Crippen LogP contribution in [0, 0.1) is 5.92 Å². The zero-order chi connectivity index (χ0) is 22.1. The fourth-order valence-corrected chi connectivity index (χ4v) is 4.30. The number of hydrogen-bond donors (Lipinski definition) is 2. The molecule has 0 aliphatic carbocycles. The topological polar surface area (TPSA) is 78.1 Å². The lowest BCUT2D eigenvalue weighted by atomic mass is 10.1. The van der Waals surface area contributed by atoms with E-state index in [1.807, 2.05) is 72.8 Å². The molecule has 1 fully saturated rings. The first kappa shape index (κ1) is 20.0. The summed E-state index contributed by atoms with van der Waals surface area (Å²) in [6.07, 6.45) is 1.04. The first-order chi connectivity index (χ1) is 15.6. The third-order valence-corrected chi connectivity index (χ3v) is 5.99. The van der Waals surface area contributed by atoms with Gasteiger partial charge in [0, 0.05) is 24.2 Å². The summed E-state index contributed by atoms with van der Waals surface area (Å²) in [6, 6.07) is 23.3. The van der Waals surface area contributed by atoms with E-state index in [1.165, 1.54) is 0 Å². The second-order valence-electron chi connectivity index (χ2n) is 8.03. The number of imidazole rings is 1. The lowest BCUT2D eigenvalue weighted by Crippen LogP contribution is -2.28. The normalized spacial score (nSPS) is 16.0. The molecule has 0 radical (unpaired) electrons. The van der Waals surface area contributed by atoms with Gasteiger partial charge in [0.1, 0.15) is 5.82 Å². The average molecular weight is 425 g/mol. The number of benzene rings is 3. The molecule has 160 valence electrons. The maximum Gasteiger partial charge on any atom is 0.229 e. The maximum absolute atomic E-state index is 13.1. The number of fused-ring (bicyclic) bond motifs is 1. The maximum atomic E-state index is 13.1. The summed E-state index contributed by atoms with van der Waals surface area (Å²) in [4.78, 5) is 35.6. The van der Waals surface area contributed by atoms with Crippen molar-refractivity contribution >= 4 is 34.2 Å².